The SMILES string of the molecule is COCCNC(=NCc1nnc(C)n1C)NCCc1ccc(OC)cc1.I. The van der Waals surface area contributed by atoms with E-state index in [9.17, 15) is 0 Å². The van der Waals surface area contributed by atoms with Crippen LogP contribution in [-0.2, 0) is 24.8 Å². The molecule has 0 aliphatic heterocycles. The zero-order valence-corrected chi connectivity index (χ0v) is 18.7. The van der Waals surface area contributed by atoms with E-state index in [-0.39, 0.29) is 24.0 Å². The predicted octanol–water partition coefficient (Wildman–Crippen LogP) is 1.67. The Labute approximate surface area is 177 Å². The molecule has 27 heavy (non-hydrogen) atoms. The van der Waals surface area contributed by atoms with Crippen LogP contribution in [0.25, 0.3) is 0 Å². The molecule has 0 amide bonds. The van der Waals surface area contributed by atoms with E-state index in [2.05, 4.69) is 38.0 Å². The number of nitrogens with zero attached hydrogens (tertiary/aromatic N) is 4. The Hall–Kier alpha value is -1.88. The van der Waals surface area contributed by atoms with Crippen LogP contribution in [0.15, 0.2) is 29.3 Å². The minimum absolute atomic E-state index is 0. The zero-order valence-electron chi connectivity index (χ0n) is 16.4. The molecule has 0 radical (unpaired) electrons. The smallest absolute Gasteiger partial charge is 0.191 e. The van der Waals surface area contributed by atoms with Crippen LogP contribution in [0.5, 0.6) is 5.75 Å². The summed E-state index contributed by atoms with van der Waals surface area (Å²) in [5.41, 5.74) is 1.23. The van der Waals surface area contributed by atoms with Crippen molar-refractivity contribution < 1.29 is 9.47 Å². The van der Waals surface area contributed by atoms with Gasteiger partial charge in [-0.3, -0.25) is 0 Å². The standard InChI is InChI=1S/C18H28N6O2.HI/c1-14-22-23-17(24(14)2)13-21-18(20-11-12-25-3)19-10-9-15-5-7-16(26-4)8-6-15;/h5-8H,9-13H2,1-4H3,(H2,19,20,21);1H. The van der Waals surface area contributed by atoms with Crippen LogP contribution < -0.4 is 15.4 Å². The van der Waals surface area contributed by atoms with Gasteiger partial charge >= 0.3 is 0 Å². The molecule has 0 aliphatic rings. The van der Waals surface area contributed by atoms with Crippen LogP contribution in [0, 0.1) is 6.92 Å². The molecule has 0 spiro atoms. The van der Waals surface area contributed by atoms with Crippen molar-refractivity contribution in [3.63, 3.8) is 0 Å². The van der Waals surface area contributed by atoms with E-state index >= 15 is 0 Å². The summed E-state index contributed by atoms with van der Waals surface area (Å²) in [6.45, 7) is 4.45. The van der Waals surface area contributed by atoms with Crippen molar-refractivity contribution in [2.75, 3.05) is 33.9 Å². The molecule has 150 valence electrons. The van der Waals surface area contributed by atoms with E-state index in [0.29, 0.717) is 19.7 Å². The average molecular weight is 488 g/mol. The van der Waals surface area contributed by atoms with Gasteiger partial charge in [-0.25, -0.2) is 4.99 Å². The number of aromatic nitrogens is 3. The third-order valence-electron chi connectivity index (χ3n) is 4.03. The first-order valence-electron chi connectivity index (χ1n) is 8.63. The van der Waals surface area contributed by atoms with Crippen LogP contribution in [-0.4, -0.2) is 54.6 Å². The van der Waals surface area contributed by atoms with Gasteiger partial charge in [0.05, 0.1) is 13.7 Å². The monoisotopic (exact) mass is 488 g/mol. The highest BCUT2D eigenvalue weighted by Crippen LogP contribution is 2.11. The number of hydrogen-bond donors (Lipinski definition) is 2. The van der Waals surface area contributed by atoms with Crippen molar-refractivity contribution in [1.29, 1.82) is 0 Å². The molecule has 0 bridgehead atoms. The molecule has 9 heteroatoms. The van der Waals surface area contributed by atoms with Gasteiger partial charge < -0.3 is 24.7 Å². The van der Waals surface area contributed by atoms with Gasteiger partial charge in [0.2, 0.25) is 0 Å². The second-order valence-corrected chi connectivity index (χ2v) is 5.83. The first-order valence-corrected chi connectivity index (χ1v) is 8.63. The van der Waals surface area contributed by atoms with Gasteiger partial charge in [0.25, 0.3) is 0 Å². The molecule has 1 heterocycles. The highest BCUT2D eigenvalue weighted by molar-refractivity contribution is 14.0. The maximum atomic E-state index is 5.18. The Morgan fingerprint density at radius 1 is 1.11 bits per heavy atom. The number of ether oxygens (including phenoxy) is 2. The topological polar surface area (TPSA) is 85.6 Å². The van der Waals surface area contributed by atoms with Crippen LogP contribution in [0.1, 0.15) is 17.2 Å². The minimum Gasteiger partial charge on any atom is -0.497 e. The Morgan fingerprint density at radius 3 is 2.41 bits per heavy atom. The summed E-state index contributed by atoms with van der Waals surface area (Å²) in [5.74, 6) is 3.29. The maximum Gasteiger partial charge on any atom is 0.191 e. The van der Waals surface area contributed by atoms with Gasteiger partial charge in [0, 0.05) is 27.2 Å². The first-order chi connectivity index (χ1) is 12.6. The van der Waals surface area contributed by atoms with E-state index in [1.54, 1.807) is 14.2 Å². The average Bonchev–Trinajstić information content (AvgIpc) is 2.98. The summed E-state index contributed by atoms with van der Waals surface area (Å²) in [5, 5.41) is 14.8. The molecule has 8 nitrogen and oxygen atoms in total. The van der Waals surface area contributed by atoms with Crippen molar-refractivity contribution in [3.8, 4) is 5.75 Å². The molecule has 0 saturated carbocycles. The summed E-state index contributed by atoms with van der Waals surface area (Å²) in [4.78, 5) is 4.59. The lowest BCUT2D eigenvalue weighted by Crippen LogP contribution is -2.40. The molecule has 0 unspecified atom stereocenters. The summed E-state index contributed by atoms with van der Waals surface area (Å²) >= 11 is 0. The third kappa shape index (κ3) is 7.71. The van der Waals surface area contributed by atoms with Crippen LogP contribution >= 0.6 is 24.0 Å². The number of benzene rings is 1. The van der Waals surface area contributed by atoms with Gasteiger partial charge in [-0.05, 0) is 31.0 Å². The van der Waals surface area contributed by atoms with Gasteiger partial charge in [-0.1, -0.05) is 12.1 Å². The lowest BCUT2D eigenvalue weighted by atomic mass is 10.1. The number of aryl methyl sites for hydroxylation is 1. The Morgan fingerprint density at radius 2 is 1.81 bits per heavy atom. The molecule has 0 saturated heterocycles. The molecule has 2 N–H and O–H groups in total. The van der Waals surface area contributed by atoms with E-state index in [1.807, 2.05) is 30.7 Å². The van der Waals surface area contributed by atoms with Crippen LogP contribution in [0.3, 0.4) is 0 Å². The number of methoxy groups -OCH3 is 2. The molecule has 0 fully saturated rings. The Balaban J connectivity index is 0.00000364. The Bertz CT molecular complexity index is 702. The van der Waals surface area contributed by atoms with Crippen molar-refractivity contribution in [2.24, 2.45) is 12.0 Å². The molecule has 1 aromatic heterocycles. The number of nitrogens with one attached hydrogen (secondary N) is 2. The van der Waals surface area contributed by atoms with Crippen molar-refractivity contribution >= 4 is 29.9 Å². The van der Waals surface area contributed by atoms with Crippen molar-refractivity contribution in [2.45, 2.75) is 19.9 Å². The fourth-order valence-electron chi connectivity index (χ4n) is 2.30. The molecular formula is C18H29IN6O2. The summed E-state index contributed by atoms with van der Waals surface area (Å²) in [7, 11) is 5.29. The molecule has 0 atom stereocenters. The van der Waals surface area contributed by atoms with E-state index in [4.69, 9.17) is 9.47 Å². The first kappa shape index (κ1) is 23.2. The fourth-order valence-corrected chi connectivity index (χ4v) is 2.30. The number of guanidine groups is 1. The number of rotatable bonds is 9. The predicted molar refractivity (Wildman–Crippen MR) is 117 cm³/mol. The second-order valence-electron chi connectivity index (χ2n) is 5.83. The van der Waals surface area contributed by atoms with Gasteiger partial charge in [-0.2, -0.15) is 0 Å². The molecule has 1 aromatic carbocycles. The highest BCUT2D eigenvalue weighted by atomic mass is 127. The highest BCUT2D eigenvalue weighted by Gasteiger charge is 2.05. The van der Waals surface area contributed by atoms with Crippen molar-refractivity contribution in [1.82, 2.24) is 25.4 Å². The van der Waals surface area contributed by atoms with Crippen LogP contribution in [0.2, 0.25) is 0 Å². The lowest BCUT2D eigenvalue weighted by molar-refractivity contribution is 0.203. The number of hydrogen-bond acceptors (Lipinski definition) is 5. The Kier molecular flexibility index (Phi) is 10.7. The minimum atomic E-state index is 0. The second kappa shape index (κ2) is 12.5. The number of aliphatic imine (C=N–C) groups is 1. The van der Waals surface area contributed by atoms with Gasteiger partial charge in [0.15, 0.2) is 11.8 Å². The molecule has 2 rings (SSSR count). The molecular weight excluding hydrogens is 459 g/mol. The normalized spacial score (nSPS) is 11.0. The molecule has 0 aliphatic carbocycles. The van der Waals surface area contributed by atoms with Crippen molar-refractivity contribution in [3.05, 3.63) is 41.5 Å². The summed E-state index contributed by atoms with van der Waals surface area (Å²) < 4.78 is 12.2. The third-order valence-corrected chi connectivity index (χ3v) is 4.03. The van der Waals surface area contributed by atoms with E-state index < -0.39 is 0 Å². The van der Waals surface area contributed by atoms with E-state index in [0.717, 1.165) is 36.3 Å². The van der Waals surface area contributed by atoms with Crippen LogP contribution in [0.4, 0.5) is 0 Å². The van der Waals surface area contributed by atoms with E-state index in [1.165, 1.54) is 5.56 Å². The quantitative estimate of drug-likeness (QED) is 0.242. The largest absolute Gasteiger partial charge is 0.497 e. The van der Waals surface area contributed by atoms with Gasteiger partial charge in [-0.15, -0.1) is 34.2 Å². The van der Waals surface area contributed by atoms with Gasteiger partial charge in [0.1, 0.15) is 18.1 Å². The molecule has 2 aromatic rings. The summed E-state index contributed by atoms with van der Waals surface area (Å²) in [6.07, 6.45) is 0.887. The maximum absolute atomic E-state index is 5.18. The number of halogens is 1. The summed E-state index contributed by atoms with van der Waals surface area (Å²) in [6, 6.07) is 8.07. The lowest BCUT2D eigenvalue weighted by Gasteiger charge is -2.12. The fraction of sp³-hybridized carbons (Fsp3) is 0.500. The zero-order chi connectivity index (χ0) is 18.8.